The molecule has 0 fully saturated rings. The summed E-state index contributed by atoms with van der Waals surface area (Å²) < 4.78 is 0. The fourth-order valence-corrected chi connectivity index (χ4v) is 2.03. The number of aromatic nitrogens is 2. The van der Waals surface area contributed by atoms with E-state index in [1.165, 1.54) is 0 Å². The number of nitrogens with one attached hydrogen (secondary N) is 2. The molecule has 1 aromatic carbocycles. The third-order valence-electron chi connectivity index (χ3n) is 2.83. The van der Waals surface area contributed by atoms with Crippen molar-refractivity contribution in [2.75, 3.05) is 0 Å². The van der Waals surface area contributed by atoms with Gasteiger partial charge in [0.25, 0.3) is 0 Å². The van der Waals surface area contributed by atoms with Crippen molar-refractivity contribution in [2.45, 2.75) is 0 Å². The van der Waals surface area contributed by atoms with Gasteiger partial charge in [0, 0.05) is 34.3 Å². The van der Waals surface area contributed by atoms with E-state index in [1.54, 1.807) is 12.4 Å². The minimum absolute atomic E-state index is 0.624. The van der Waals surface area contributed by atoms with Crippen molar-refractivity contribution in [1.82, 2.24) is 9.97 Å². The smallest absolute Gasteiger partial charge is 0.152 e. The summed E-state index contributed by atoms with van der Waals surface area (Å²) in [4.78, 5) is 27.7. The van der Waals surface area contributed by atoms with Gasteiger partial charge < -0.3 is 9.97 Å². The van der Waals surface area contributed by atoms with Crippen LogP contribution in [0, 0.1) is 0 Å². The van der Waals surface area contributed by atoms with Crippen LogP contribution in [0.4, 0.5) is 0 Å². The van der Waals surface area contributed by atoms with Crippen LogP contribution in [0.15, 0.2) is 24.5 Å². The topological polar surface area (TPSA) is 65.7 Å². The zero-order chi connectivity index (χ0) is 11.1. The van der Waals surface area contributed by atoms with E-state index in [0.717, 1.165) is 34.4 Å². The molecule has 0 atom stereocenters. The van der Waals surface area contributed by atoms with Crippen LogP contribution in [0.1, 0.15) is 20.7 Å². The third-order valence-corrected chi connectivity index (χ3v) is 2.83. The molecule has 0 aliphatic rings. The maximum atomic E-state index is 10.8. The summed E-state index contributed by atoms with van der Waals surface area (Å²) in [5, 5.41) is 1.73. The molecule has 0 amide bonds. The second-order valence-electron chi connectivity index (χ2n) is 3.63. The van der Waals surface area contributed by atoms with Gasteiger partial charge >= 0.3 is 0 Å². The number of H-pyrrole nitrogens is 2. The monoisotopic (exact) mass is 212 g/mol. The first-order chi connectivity index (χ1) is 7.85. The Morgan fingerprint density at radius 2 is 1.25 bits per heavy atom. The Morgan fingerprint density at radius 1 is 0.812 bits per heavy atom. The number of aromatic amines is 2. The Labute approximate surface area is 90.3 Å². The fourth-order valence-electron chi connectivity index (χ4n) is 2.03. The van der Waals surface area contributed by atoms with Gasteiger partial charge in [-0.3, -0.25) is 9.59 Å². The molecule has 0 saturated carbocycles. The predicted molar refractivity (Wildman–Crippen MR) is 60.9 cm³/mol. The van der Waals surface area contributed by atoms with Gasteiger partial charge in [-0.15, -0.1) is 0 Å². The number of rotatable bonds is 2. The molecule has 0 aliphatic carbocycles. The lowest BCUT2D eigenvalue weighted by Gasteiger charge is -1.94. The van der Waals surface area contributed by atoms with Gasteiger partial charge in [0.1, 0.15) is 0 Å². The molecular formula is C12H8N2O2. The van der Waals surface area contributed by atoms with Crippen LogP contribution in [0.3, 0.4) is 0 Å². The number of fused-ring (bicyclic) bond motifs is 3. The van der Waals surface area contributed by atoms with Crippen LogP contribution >= 0.6 is 0 Å². The molecule has 3 aromatic rings. The third kappa shape index (κ3) is 0.982. The molecule has 2 heterocycles. The van der Waals surface area contributed by atoms with Crippen molar-refractivity contribution in [2.24, 2.45) is 0 Å². The maximum absolute atomic E-state index is 10.8. The van der Waals surface area contributed by atoms with E-state index in [2.05, 4.69) is 9.97 Å². The molecule has 0 spiro atoms. The molecule has 3 rings (SSSR count). The summed E-state index contributed by atoms with van der Waals surface area (Å²) in [5.74, 6) is 0. The van der Waals surface area contributed by atoms with Gasteiger partial charge in [0.15, 0.2) is 12.6 Å². The normalized spacial score (nSPS) is 11.0. The Hall–Kier alpha value is -2.36. The van der Waals surface area contributed by atoms with Gasteiger partial charge in [-0.25, -0.2) is 0 Å². The van der Waals surface area contributed by atoms with Gasteiger partial charge in [-0.2, -0.15) is 0 Å². The highest BCUT2D eigenvalue weighted by Gasteiger charge is 2.09. The molecule has 0 unspecified atom stereocenters. The predicted octanol–water partition coefficient (Wildman–Crippen LogP) is 2.27. The van der Waals surface area contributed by atoms with Crippen LogP contribution < -0.4 is 0 Å². The molecule has 16 heavy (non-hydrogen) atoms. The SMILES string of the molecule is O=Cc1c[nH]c2c1ccc1c(C=O)c[nH]c12. The van der Waals surface area contributed by atoms with Gasteiger partial charge in [-0.1, -0.05) is 12.1 Å². The Kier molecular flexibility index (Phi) is 1.71. The molecule has 78 valence electrons. The van der Waals surface area contributed by atoms with Crippen molar-refractivity contribution >= 4 is 34.4 Å². The summed E-state index contributed by atoms with van der Waals surface area (Å²) in [6.45, 7) is 0. The maximum Gasteiger partial charge on any atom is 0.152 e. The van der Waals surface area contributed by atoms with E-state index in [0.29, 0.717) is 11.1 Å². The lowest BCUT2D eigenvalue weighted by Crippen LogP contribution is -1.77. The quantitative estimate of drug-likeness (QED) is 0.640. The first-order valence-electron chi connectivity index (χ1n) is 4.86. The van der Waals surface area contributed by atoms with Crippen LogP contribution in [0.25, 0.3) is 21.8 Å². The van der Waals surface area contributed by atoms with Crippen LogP contribution in [0.2, 0.25) is 0 Å². The van der Waals surface area contributed by atoms with Crippen LogP contribution in [-0.4, -0.2) is 22.5 Å². The van der Waals surface area contributed by atoms with E-state index in [-0.39, 0.29) is 0 Å². The summed E-state index contributed by atoms with van der Waals surface area (Å²) in [6, 6.07) is 3.69. The summed E-state index contributed by atoms with van der Waals surface area (Å²) in [5.41, 5.74) is 2.96. The second kappa shape index (κ2) is 3.06. The zero-order valence-electron chi connectivity index (χ0n) is 8.28. The lowest BCUT2D eigenvalue weighted by molar-refractivity contribution is 0.111. The summed E-state index contributed by atoms with van der Waals surface area (Å²) in [7, 11) is 0. The number of carbonyl (C=O) groups is 2. The first-order valence-corrected chi connectivity index (χ1v) is 4.86. The Balaban J connectivity index is 2.51. The molecule has 0 aliphatic heterocycles. The van der Waals surface area contributed by atoms with E-state index >= 15 is 0 Å². The molecule has 4 nitrogen and oxygen atoms in total. The van der Waals surface area contributed by atoms with E-state index < -0.39 is 0 Å². The fraction of sp³-hybridized carbons (Fsp3) is 0. The highest BCUT2D eigenvalue weighted by Crippen LogP contribution is 2.27. The van der Waals surface area contributed by atoms with Crippen LogP contribution in [-0.2, 0) is 0 Å². The number of aldehydes is 2. The second-order valence-corrected chi connectivity index (χ2v) is 3.63. The van der Waals surface area contributed by atoms with Crippen LogP contribution in [0.5, 0.6) is 0 Å². The summed E-state index contributed by atoms with van der Waals surface area (Å²) in [6.07, 6.45) is 4.96. The average molecular weight is 212 g/mol. The van der Waals surface area contributed by atoms with Gasteiger partial charge in [0.05, 0.1) is 11.0 Å². The molecule has 0 radical (unpaired) electrons. The van der Waals surface area contributed by atoms with Crippen molar-refractivity contribution in [3.8, 4) is 0 Å². The molecule has 0 saturated heterocycles. The molecule has 2 N–H and O–H groups in total. The minimum atomic E-state index is 0.624. The highest BCUT2D eigenvalue weighted by molar-refractivity contribution is 6.12. The number of benzene rings is 1. The zero-order valence-corrected chi connectivity index (χ0v) is 8.28. The first kappa shape index (κ1) is 8.91. The Bertz CT molecular complexity index is 645. The number of hydrogen-bond donors (Lipinski definition) is 2. The van der Waals surface area contributed by atoms with E-state index in [9.17, 15) is 9.59 Å². The highest BCUT2D eigenvalue weighted by atomic mass is 16.1. The van der Waals surface area contributed by atoms with Gasteiger partial charge in [-0.05, 0) is 0 Å². The lowest BCUT2D eigenvalue weighted by atomic mass is 10.1. The van der Waals surface area contributed by atoms with Crippen molar-refractivity contribution in [3.05, 3.63) is 35.7 Å². The average Bonchev–Trinajstić information content (AvgIpc) is 2.91. The molecule has 2 aromatic heterocycles. The number of carbonyl (C=O) groups excluding carboxylic acids is 2. The standard InChI is InChI=1S/C12H8N2O2/c15-5-7-3-13-11-9(7)1-2-10-8(6-16)4-14-12(10)11/h1-6,13-14H. The van der Waals surface area contributed by atoms with Crippen molar-refractivity contribution in [1.29, 1.82) is 0 Å². The van der Waals surface area contributed by atoms with Crippen molar-refractivity contribution < 1.29 is 9.59 Å². The van der Waals surface area contributed by atoms with E-state index in [1.807, 2.05) is 12.1 Å². The molecule has 4 heteroatoms. The molecule has 0 bridgehead atoms. The van der Waals surface area contributed by atoms with E-state index in [4.69, 9.17) is 0 Å². The minimum Gasteiger partial charge on any atom is -0.359 e. The van der Waals surface area contributed by atoms with Gasteiger partial charge in [0.2, 0.25) is 0 Å². The summed E-state index contributed by atoms with van der Waals surface area (Å²) >= 11 is 0. The van der Waals surface area contributed by atoms with Crippen molar-refractivity contribution in [3.63, 3.8) is 0 Å². The number of hydrogen-bond acceptors (Lipinski definition) is 2. The Morgan fingerprint density at radius 3 is 1.62 bits per heavy atom. The largest absolute Gasteiger partial charge is 0.359 e. The molecular weight excluding hydrogens is 204 g/mol.